The van der Waals surface area contributed by atoms with E-state index >= 15 is 0 Å². The number of para-hydroxylation sites is 1. The van der Waals surface area contributed by atoms with Crippen molar-refractivity contribution in [2.75, 3.05) is 13.2 Å². The first kappa shape index (κ1) is 15.0. The first-order chi connectivity index (χ1) is 11.3. The third-order valence-electron chi connectivity index (χ3n) is 3.33. The summed E-state index contributed by atoms with van der Waals surface area (Å²) in [7, 11) is 0. The van der Waals surface area contributed by atoms with Gasteiger partial charge < -0.3 is 9.84 Å². The molecule has 0 spiro atoms. The fourth-order valence-corrected chi connectivity index (χ4v) is 2.26. The highest BCUT2D eigenvalue weighted by atomic mass is 16.5. The van der Waals surface area contributed by atoms with Gasteiger partial charge in [-0.05, 0) is 12.1 Å². The highest BCUT2D eigenvalue weighted by Gasteiger charge is 2.19. The van der Waals surface area contributed by atoms with Crippen LogP contribution in [0.25, 0.3) is 16.9 Å². The second-order valence-corrected chi connectivity index (χ2v) is 4.90. The molecule has 0 aliphatic carbocycles. The number of carbonyl (C=O) groups excluding carboxylic acids is 1. The lowest BCUT2D eigenvalue weighted by Gasteiger charge is -2.02. The summed E-state index contributed by atoms with van der Waals surface area (Å²) in [6, 6.07) is 19.0. The van der Waals surface area contributed by atoms with Gasteiger partial charge in [-0.2, -0.15) is 5.10 Å². The maximum atomic E-state index is 12.3. The monoisotopic (exact) mass is 308 g/mol. The van der Waals surface area contributed by atoms with E-state index in [2.05, 4.69) is 5.10 Å². The minimum atomic E-state index is -0.500. The van der Waals surface area contributed by atoms with Crippen LogP contribution in [0, 0.1) is 0 Å². The summed E-state index contributed by atoms with van der Waals surface area (Å²) in [5.74, 6) is -0.500. The molecule has 3 aromatic rings. The van der Waals surface area contributed by atoms with Gasteiger partial charge in [-0.1, -0.05) is 48.5 Å². The molecular weight excluding hydrogens is 292 g/mol. The molecule has 5 nitrogen and oxygen atoms in total. The second kappa shape index (κ2) is 6.89. The van der Waals surface area contributed by atoms with Gasteiger partial charge in [0, 0.05) is 11.8 Å². The van der Waals surface area contributed by atoms with Gasteiger partial charge in [0.1, 0.15) is 17.9 Å². The van der Waals surface area contributed by atoms with E-state index in [4.69, 9.17) is 9.84 Å². The number of carbonyl (C=O) groups is 1. The van der Waals surface area contributed by atoms with E-state index in [0.717, 1.165) is 11.3 Å². The highest BCUT2D eigenvalue weighted by Crippen LogP contribution is 2.24. The van der Waals surface area contributed by atoms with Gasteiger partial charge in [-0.25, -0.2) is 9.48 Å². The average molecular weight is 308 g/mol. The quantitative estimate of drug-likeness (QED) is 0.736. The summed E-state index contributed by atoms with van der Waals surface area (Å²) in [4.78, 5) is 12.3. The Morgan fingerprint density at radius 2 is 1.70 bits per heavy atom. The third kappa shape index (κ3) is 3.30. The Bertz CT molecular complexity index is 783. The van der Waals surface area contributed by atoms with Gasteiger partial charge in [-0.15, -0.1) is 0 Å². The van der Waals surface area contributed by atoms with Crippen LogP contribution in [-0.2, 0) is 4.74 Å². The van der Waals surface area contributed by atoms with Crippen LogP contribution in [0.4, 0.5) is 0 Å². The Morgan fingerprint density at radius 3 is 2.35 bits per heavy atom. The molecule has 0 unspecified atom stereocenters. The summed E-state index contributed by atoms with van der Waals surface area (Å²) in [6.07, 6.45) is 1.65. The number of aromatic nitrogens is 2. The maximum absolute atomic E-state index is 12.3. The lowest BCUT2D eigenvalue weighted by atomic mass is 10.1. The number of hydrogen-bond acceptors (Lipinski definition) is 4. The third-order valence-corrected chi connectivity index (χ3v) is 3.33. The molecule has 0 amide bonds. The van der Waals surface area contributed by atoms with E-state index in [1.54, 1.807) is 10.9 Å². The topological polar surface area (TPSA) is 64.3 Å². The molecule has 0 saturated carbocycles. The first-order valence-electron chi connectivity index (χ1n) is 7.28. The van der Waals surface area contributed by atoms with Crippen LogP contribution in [0.15, 0.2) is 66.9 Å². The highest BCUT2D eigenvalue weighted by molar-refractivity contribution is 5.96. The Labute approximate surface area is 133 Å². The SMILES string of the molecule is O=C(OCCO)c1cn(-c2ccccc2)nc1-c1ccccc1. The fourth-order valence-electron chi connectivity index (χ4n) is 2.26. The zero-order chi connectivity index (χ0) is 16.1. The molecular formula is C18H16N2O3. The van der Waals surface area contributed by atoms with Crippen LogP contribution in [-0.4, -0.2) is 34.1 Å². The number of aliphatic hydroxyl groups excluding tert-OH is 1. The van der Waals surface area contributed by atoms with E-state index < -0.39 is 5.97 Å². The molecule has 1 aromatic heterocycles. The minimum absolute atomic E-state index is 0.0381. The van der Waals surface area contributed by atoms with Gasteiger partial charge >= 0.3 is 5.97 Å². The smallest absolute Gasteiger partial charge is 0.342 e. The van der Waals surface area contributed by atoms with Crippen LogP contribution in [0.3, 0.4) is 0 Å². The van der Waals surface area contributed by atoms with Crippen LogP contribution in [0.2, 0.25) is 0 Å². The Hall–Kier alpha value is -2.92. The molecule has 0 aliphatic rings. The first-order valence-corrected chi connectivity index (χ1v) is 7.28. The minimum Gasteiger partial charge on any atom is -0.460 e. The van der Waals surface area contributed by atoms with Gasteiger partial charge in [-0.3, -0.25) is 0 Å². The largest absolute Gasteiger partial charge is 0.460 e. The number of ether oxygens (including phenoxy) is 1. The molecule has 0 aliphatic heterocycles. The summed E-state index contributed by atoms with van der Waals surface area (Å²) >= 11 is 0. The molecule has 116 valence electrons. The van der Waals surface area contributed by atoms with E-state index in [1.807, 2.05) is 60.7 Å². The Kier molecular flexibility index (Phi) is 4.49. The maximum Gasteiger partial charge on any atom is 0.342 e. The zero-order valence-electron chi connectivity index (χ0n) is 12.4. The summed E-state index contributed by atoms with van der Waals surface area (Å²) in [5.41, 5.74) is 2.61. The van der Waals surface area contributed by atoms with Crippen molar-refractivity contribution in [3.63, 3.8) is 0 Å². The van der Waals surface area contributed by atoms with Crippen LogP contribution in [0.5, 0.6) is 0 Å². The van der Waals surface area contributed by atoms with Crippen molar-refractivity contribution in [3.05, 3.63) is 72.4 Å². The molecule has 3 rings (SSSR count). The van der Waals surface area contributed by atoms with Crippen molar-refractivity contribution in [1.29, 1.82) is 0 Å². The molecule has 1 heterocycles. The van der Waals surface area contributed by atoms with Crippen LogP contribution in [0.1, 0.15) is 10.4 Å². The lowest BCUT2D eigenvalue weighted by molar-refractivity contribution is 0.0434. The van der Waals surface area contributed by atoms with Gasteiger partial charge in [0.25, 0.3) is 0 Å². The number of hydrogen-bond donors (Lipinski definition) is 1. The van der Waals surface area contributed by atoms with Crippen molar-refractivity contribution in [2.45, 2.75) is 0 Å². The van der Waals surface area contributed by atoms with Crippen molar-refractivity contribution >= 4 is 5.97 Å². The second-order valence-electron chi connectivity index (χ2n) is 4.90. The lowest BCUT2D eigenvalue weighted by Crippen LogP contribution is -2.09. The number of nitrogens with zero attached hydrogens (tertiary/aromatic N) is 2. The molecule has 0 saturated heterocycles. The van der Waals surface area contributed by atoms with E-state index in [1.165, 1.54) is 0 Å². The van der Waals surface area contributed by atoms with Crippen molar-refractivity contribution in [2.24, 2.45) is 0 Å². The van der Waals surface area contributed by atoms with Crippen LogP contribution < -0.4 is 0 Å². The standard InChI is InChI=1S/C18H16N2O3/c21-11-12-23-18(22)16-13-20(15-9-5-2-6-10-15)19-17(16)14-7-3-1-4-8-14/h1-10,13,21H,11-12H2. The predicted octanol–water partition coefficient (Wildman–Crippen LogP) is 2.69. The summed E-state index contributed by atoms with van der Waals surface area (Å²) < 4.78 is 6.70. The molecule has 5 heteroatoms. The number of aliphatic hydroxyl groups is 1. The molecule has 0 radical (unpaired) electrons. The average Bonchev–Trinajstić information content (AvgIpc) is 3.07. The van der Waals surface area contributed by atoms with Gasteiger partial charge in [0.05, 0.1) is 12.3 Å². The van der Waals surface area contributed by atoms with Crippen molar-refractivity contribution in [1.82, 2.24) is 9.78 Å². The number of esters is 1. The molecule has 0 fully saturated rings. The molecule has 1 N–H and O–H groups in total. The zero-order valence-corrected chi connectivity index (χ0v) is 12.4. The summed E-state index contributed by atoms with van der Waals surface area (Å²) in [6.45, 7) is -0.247. The molecule has 0 bridgehead atoms. The molecule has 23 heavy (non-hydrogen) atoms. The predicted molar refractivity (Wildman–Crippen MR) is 86.4 cm³/mol. The van der Waals surface area contributed by atoms with Gasteiger partial charge in [0.15, 0.2) is 0 Å². The van der Waals surface area contributed by atoms with E-state index in [9.17, 15) is 4.79 Å². The fraction of sp³-hybridized carbons (Fsp3) is 0.111. The van der Waals surface area contributed by atoms with Crippen LogP contribution >= 0.6 is 0 Å². The Morgan fingerprint density at radius 1 is 1.04 bits per heavy atom. The normalized spacial score (nSPS) is 10.5. The summed E-state index contributed by atoms with van der Waals surface area (Å²) in [5, 5.41) is 13.4. The van der Waals surface area contributed by atoms with E-state index in [0.29, 0.717) is 11.3 Å². The number of rotatable bonds is 5. The molecule has 0 atom stereocenters. The molecule has 2 aromatic carbocycles. The van der Waals surface area contributed by atoms with Crippen molar-refractivity contribution < 1.29 is 14.6 Å². The van der Waals surface area contributed by atoms with Crippen molar-refractivity contribution in [3.8, 4) is 16.9 Å². The number of benzene rings is 2. The Balaban J connectivity index is 2.05. The van der Waals surface area contributed by atoms with E-state index in [-0.39, 0.29) is 13.2 Å². The van der Waals surface area contributed by atoms with Gasteiger partial charge in [0.2, 0.25) is 0 Å².